The number of benzene rings is 2. The summed E-state index contributed by atoms with van der Waals surface area (Å²) in [6, 6.07) is 21.3. The van der Waals surface area contributed by atoms with E-state index < -0.39 is 0 Å². The lowest BCUT2D eigenvalue weighted by molar-refractivity contribution is 1.32. The Balaban J connectivity index is 1.88. The summed E-state index contributed by atoms with van der Waals surface area (Å²) in [5.41, 5.74) is 7.78. The Bertz CT molecular complexity index is 1010. The summed E-state index contributed by atoms with van der Waals surface area (Å²) >= 11 is 1.87. The average Bonchev–Trinajstić information content (AvgIpc) is 3.26. The average molecular weight is 353 g/mol. The Kier molecular flexibility index (Phi) is 4.55. The van der Waals surface area contributed by atoms with Crippen LogP contribution >= 0.6 is 11.3 Å². The van der Waals surface area contributed by atoms with E-state index >= 15 is 0 Å². The maximum Gasteiger partial charge on any atom is 0.0430 e. The first-order valence-electron chi connectivity index (χ1n) is 8.74. The third kappa shape index (κ3) is 2.91. The van der Waals surface area contributed by atoms with E-state index in [4.69, 9.17) is 0 Å². The van der Waals surface area contributed by atoms with Crippen LogP contribution in [-0.2, 0) is 6.42 Å². The molecule has 0 aliphatic heterocycles. The van der Waals surface area contributed by atoms with E-state index in [9.17, 15) is 0 Å². The standard InChI is InChI=1S/C25H20S/c1-3-11-18(4-2)24-22-16-21(19-12-7-5-8-13-19)17-23(22)26-25(24)20-14-9-6-10-15-20/h3-15,17H,1-2,16H2/b18-11+. The van der Waals surface area contributed by atoms with Gasteiger partial charge in [-0.15, -0.1) is 11.3 Å². The normalized spacial score (nSPS) is 13.2. The van der Waals surface area contributed by atoms with Gasteiger partial charge >= 0.3 is 0 Å². The highest BCUT2D eigenvalue weighted by atomic mass is 32.1. The molecule has 0 N–H and O–H groups in total. The number of thiophene rings is 1. The molecule has 1 aliphatic rings. The minimum absolute atomic E-state index is 0.959. The second kappa shape index (κ2) is 7.15. The molecule has 0 bridgehead atoms. The molecule has 0 nitrogen and oxygen atoms in total. The molecule has 0 amide bonds. The van der Waals surface area contributed by atoms with Gasteiger partial charge < -0.3 is 0 Å². The van der Waals surface area contributed by atoms with Crippen molar-refractivity contribution in [3.05, 3.63) is 114 Å². The van der Waals surface area contributed by atoms with E-state index in [2.05, 4.69) is 86.0 Å². The quantitative estimate of drug-likeness (QED) is 0.424. The molecule has 0 atom stereocenters. The van der Waals surface area contributed by atoms with Crippen molar-refractivity contribution in [3.8, 4) is 10.4 Å². The smallest absolute Gasteiger partial charge is 0.0430 e. The molecular formula is C25H20S. The first kappa shape index (κ1) is 16.6. The maximum absolute atomic E-state index is 4.04. The molecule has 0 fully saturated rings. The summed E-state index contributed by atoms with van der Waals surface area (Å²) in [7, 11) is 0. The largest absolute Gasteiger partial charge is 0.135 e. The molecule has 1 aliphatic carbocycles. The zero-order valence-electron chi connectivity index (χ0n) is 14.6. The highest BCUT2D eigenvalue weighted by molar-refractivity contribution is 7.17. The van der Waals surface area contributed by atoms with Gasteiger partial charge in [0.25, 0.3) is 0 Å². The molecule has 4 rings (SSSR count). The van der Waals surface area contributed by atoms with Crippen LogP contribution in [-0.4, -0.2) is 0 Å². The highest BCUT2D eigenvalue weighted by Crippen LogP contribution is 2.47. The minimum Gasteiger partial charge on any atom is -0.135 e. The van der Waals surface area contributed by atoms with Crippen molar-refractivity contribution >= 4 is 28.6 Å². The van der Waals surface area contributed by atoms with Gasteiger partial charge in [-0.3, -0.25) is 0 Å². The molecule has 1 heteroatoms. The van der Waals surface area contributed by atoms with Crippen molar-refractivity contribution in [2.75, 3.05) is 0 Å². The van der Waals surface area contributed by atoms with E-state index in [1.165, 1.54) is 37.6 Å². The van der Waals surface area contributed by atoms with Crippen molar-refractivity contribution in [3.63, 3.8) is 0 Å². The van der Waals surface area contributed by atoms with Crippen LogP contribution in [0.15, 0.2) is 92.0 Å². The lowest BCUT2D eigenvalue weighted by Gasteiger charge is -2.09. The molecule has 2 aromatic carbocycles. The van der Waals surface area contributed by atoms with Crippen molar-refractivity contribution < 1.29 is 0 Å². The second-order valence-corrected chi connectivity index (χ2v) is 7.34. The lowest BCUT2D eigenvalue weighted by atomic mass is 9.94. The molecular weight excluding hydrogens is 332 g/mol. The van der Waals surface area contributed by atoms with E-state index in [1.807, 2.05) is 23.5 Å². The second-order valence-electron chi connectivity index (χ2n) is 6.29. The SMILES string of the molecule is C=C/C=C(\C=C)c1c(-c2ccccc2)sc2c1CC(c1ccccc1)=C2. The summed E-state index contributed by atoms with van der Waals surface area (Å²) in [5, 5.41) is 0. The molecule has 0 saturated heterocycles. The summed E-state index contributed by atoms with van der Waals surface area (Å²) in [5.74, 6) is 0. The van der Waals surface area contributed by atoms with E-state index in [-0.39, 0.29) is 0 Å². The van der Waals surface area contributed by atoms with Crippen LogP contribution < -0.4 is 0 Å². The molecule has 0 saturated carbocycles. The predicted octanol–water partition coefficient (Wildman–Crippen LogP) is 7.27. The summed E-state index contributed by atoms with van der Waals surface area (Å²) in [6.07, 6.45) is 9.15. The Morgan fingerprint density at radius 3 is 2.15 bits per heavy atom. The van der Waals surface area contributed by atoms with E-state index in [0.29, 0.717) is 0 Å². The van der Waals surface area contributed by atoms with Gasteiger partial charge in [0, 0.05) is 21.7 Å². The van der Waals surface area contributed by atoms with Gasteiger partial charge in [0.1, 0.15) is 0 Å². The van der Waals surface area contributed by atoms with Crippen molar-refractivity contribution in [2.45, 2.75) is 6.42 Å². The number of hydrogen-bond donors (Lipinski definition) is 0. The van der Waals surface area contributed by atoms with Crippen molar-refractivity contribution in [1.29, 1.82) is 0 Å². The minimum atomic E-state index is 0.959. The number of hydrogen-bond acceptors (Lipinski definition) is 1. The zero-order chi connectivity index (χ0) is 17.9. The summed E-state index contributed by atoms with van der Waals surface area (Å²) in [6.45, 7) is 7.93. The van der Waals surface area contributed by atoms with Gasteiger partial charge in [-0.1, -0.05) is 92.0 Å². The van der Waals surface area contributed by atoms with Gasteiger partial charge in [0.05, 0.1) is 0 Å². The third-order valence-electron chi connectivity index (χ3n) is 4.70. The molecule has 3 aromatic rings. The molecule has 1 heterocycles. The van der Waals surface area contributed by atoms with Gasteiger partial charge in [0.2, 0.25) is 0 Å². The maximum atomic E-state index is 4.04. The van der Waals surface area contributed by atoms with Crippen LogP contribution in [0.5, 0.6) is 0 Å². The first-order chi connectivity index (χ1) is 12.8. The van der Waals surface area contributed by atoms with Crippen LogP contribution in [0, 0.1) is 0 Å². The lowest BCUT2D eigenvalue weighted by Crippen LogP contribution is -1.91. The predicted molar refractivity (Wildman–Crippen MR) is 116 cm³/mol. The van der Waals surface area contributed by atoms with Crippen LogP contribution in [0.25, 0.3) is 27.7 Å². The Morgan fingerprint density at radius 1 is 0.885 bits per heavy atom. The van der Waals surface area contributed by atoms with Crippen LogP contribution in [0.1, 0.15) is 21.6 Å². The van der Waals surface area contributed by atoms with Crippen LogP contribution in [0.2, 0.25) is 0 Å². The Labute approximate surface area is 159 Å². The zero-order valence-corrected chi connectivity index (χ0v) is 15.4. The first-order valence-corrected chi connectivity index (χ1v) is 9.56. The number of fused-ring (bicyclic) bond motifs is 1. The van der Waals surface area contributed by atoms with Gasteiger partial charge in [-0.25, -0.2) is 0 Å². The van der Waals surface area contributed by atoms with E-state index in [1.54, 1.807) is 0 Å². The molecule has 26 heavy (non-hydrogen) atoms. The molecule has 126 valence electrons. The van der Waals surface area contributed by atoms with Gasteiger partial charge in [-0.05, 0) is 33.9 Å². The monoisotopic (exact) mass is 352 g/mol. The van der Waals surface area contributed by atoms with Crippen LogP contribution in [0.4, 0.5) is 0 Å². The molecule has 1 aromatic heterocycles. The summed E-state index contributed by atoms with van der Waals surface area (Å²) in [4.78, 5) is 2.67. The summed E-state index contributed by atoms with van der Waals surface area (Å²) < 4.78 is 0. The van der Waals surface area contributed by atoms with Gasteiger partial charge in [0.15, 0.2) is 0 Å². The molecule has 0 radical (unpaired) electrons. The Morgan fingerprint density at radius 2 is 1.54 bits per heavy atom. The topological polar surface area (TPSA) is 0 Å². The van der Waals surface area contributed by atoms with Gasteiger partial charge in [-0.2, -0.15) is 0 Å². The van der Waals surface area contributed by atoms with Crippen molar-refractivity contribution in [2.24, 2.45) is 0 Å². The number of rotatable bonds is 5. The fourth-order valence-corrected chi connectivity index (χ4v) is 4.81. The Hall–Kier alpha value is -2.90. The molecule has 0 unspecified atom stereocenters. The van der Waals surface area contributed by atoms with E-state index in [0.717, 1.165) is 12.0 Å². The van der Waals surface area contributed by atoms with Crippen molar-refractivity contribution in [1.82, 2.24) is 0 Å². The number of allylic oxidation sites excluding steroid dienone is 5. The fraction of sp³-hybridized carbons (Fsp3) is 0.0400. The highest BCUT2D eigenvalue weighted by Gasteiger charge is 2.25. The third-order valence-corrected chi connectivity index (χ3v) is 5.93. The molecule has 0 spiro atoms. The van der Waals surface area contributed by atoms with Crippen LogP contribution in [0.3, 0.4) is 0 Å². The fourth-order valence-electron chi connectivity index (χ4n) is 3.49.